The van der Waals surface area contributed by atoms with E-state index < -0.39 is 0 Å². The Labute approximate surface area is 154 Å². The summed E-state index contributed by atoms with van der Waals surface area (Å²) in [5.41, 5.74) is 8.74. The molecule has 1 atom stereocenters. The predicted octanol–water partition coefficient (Wildman–Crippen LogP) is 4.29. The first kappa shape index (κ1) is 18.0. The minimum Gasteiger partial charge on any atom is -0.493 e. The summed E-state index contributed by atoms with van der Waals surface area (Å²) >= 11 is 0. The molecule has 0 saturated carbocycles. The second-order valence-corrected chi connectivity index (χ2v) is 6.64. The molecule has 2 aromatic carbocycles. The summed E-state index contributed by atoms with van der Waals surface area (Å²) < 4.78 is 5.80. The molecule has 0 amide bonds. The minimum atomic E-state index is 0.579. The molecule has 3 aromatic rings. The maximum Gasteiger partial charge on any atom is 0.137 e. The number of rotatable bonds is 8. The highest BCUT2D eigenvalue weighted by molar-refractivity contribution is 5.91. The molecule has 1 unspecified atom stereocenters. The van der Waals surface area contributed by atoms with Crippen LogP contribution >= 0.6 is 0 Å². The van der Waals surface area contributed by atoms with Gasteiger partial charge in [0.2, 0.25) is 0 Å². The van der Waals surface area contributed by atoms with Gasteiger partial charge in [0, 0.05) is 17.6 Å². The number of hydrogen-bond donors (Lipinski definition) is 2. The van der Waals surface area contributed by atoms with Gasteiger partial charge in [0.15, 0.2) is 0 Å². The van der Waals surface area contributed by atoms with Crippen LogP contribution in [-0.4, -0.2) is 23.1 Å². The van der Waals surface area contributed by atoms with Crippen molar-refractivity contribution < 1.29 is 4.74 Å². The Kier molecular flexibility index (Phi) is 5.89. The Hall–Kier alpha value is -2.82. The fourth-order valence-electron chi connectivity index (χ4n) is 2.65. The highest BCUT2D eigenvalue weighted by atomic mass is 16.5. The van der Waals surface area contributed by atoms with Crippen molar-refractivity contribution in [2.45, 2.75) is 26.7 Å². The van der Waals surface area contributed by atoms with Crippen LogP contribution in [0, 0.1) is 5.92 Å². The van der Waals surface area contributed by atoms with Crippen LogP contribution in [-0.2, 0) is 6.42 Å². The van der Waals surface area contributed by atoms with Crippen molar-refractivity contribution in [1.82, 2.24) is 9.97 Å². The highest BCUT2D eigenvalue weighted by Gasteiger charge is 2.04. The number of nitrogens with zero attached hydrogens (tertiary/aromatic N) is 2. The number of ether oxygens (including phenoxy) is 1. The summed E-state index contributed by atoms with van der Waals surface area (Å²) in [5, 5.41) is 4.33. The van der Waals surface area contributed by atoms with Crippen molar-refractivity contribution in [3.8, 4) is 5.75 Å². The fraction of sp³-hybridized carbons (Fsp3) is 0.333. The maximum absolute atomic E-state index is 5.88. The molecule has 3 rings (SSSR count). The van der Waals surface area contributed by atoms with E-state index in [1.807, 2.05) is 30.3 Å². The third-order valence-corrected chi connectivity index (χ3v) is 4.52. The van der Waals surface area contributed by atoms with Crippen LogP contribution in [0.15, 0.2) is 48.8 Å². The number of fused-ring (bicyclic) bond motifs is 1. The van der Waals surface area contributed by atoms with Crippen molar-refractivity contribution in [3.05, 3.63) is 54.4 Å². The van der Waals surface area contributed by atoms with Crippen LogP contribution < -0.4 is 15.8 Å². The van der Waals surface area contributed by atoms with E-state index >= 15 is 0 Å². The molecule has 1 aromatic heterocycles. The number of nitrogens with two attached hydrogens (primary N) is 1. The third kappa shape index (κ3) is 4.63. The normalized spacial score (nSPS) is 12.1. The van der Waals surface area contributed by atoms with Gasteiger partial charge in [-0.2, -0.15) is 0 Å². The van der Waals surface area contributed by atoms with Gasteiger partial charge in [0.1, 0.15) is 17.9 Å². The quantitative estimate of drug-likeness (QED) is 0.593. The van der Waals surface area contributed by atoms with E-state index in [4.69, 9.17) is 10.5 Å². The van der Waals surface area contributed by atoms with Crippen LogP contribution in [0.3, 0.4) is 0 Å². The Morgan fingerprint density at radius 3 is 2.69 bits per heavy atom. The first-order chi connectivity index (χ1) is 12.7. The van der Waals surface area contributed by atoms with Gasteiger partial charge in [-0.1, -0.05) is 32.4 Å². The number of nitrogen functional groups attached to an aromatic ring is 1. The summed E-state index contributed by atoms with van der Waals surface area (Å²) in [6.45, 7) is 5.93. The topological polar surface area (TPSA) is 73.1 Å². The third-order valence-electron chi connectivity index (χ3n) is 4.52. The van der Waals surface area contributed by atoms with E-state index in [0.717, 1.165) is 48.5 Å². The summed E-state index contributed by atoms with van der Waals surface area (Å²) in [6, 6.07) is 14.0. The second kappa shape index (κ2) is 8.52. The van der Waals surface area contributed by atoms with Gasteiger partial charge in [-0.25, -0.2) is 9.97 Å². The van der Waals surface area contributed by atoms with Crippen molar-refractivity contribution in [2.24, 2.45) is 5.92 Å². The van der Waals surface area contributed by atoms with Gasteiger partial charge < -0.3 is 15.8 Å². The summed E-state index contributed by atoms with van der Waals surface area (Å²) in [6.07, 6.45) is 3.61. The molecule has 0 aliphatic rings. The lowest BCUT2D eigenvalue weighted by atomic mass is 10.1. The monoisotopic (exact) mass is 350 g/mol. The fourth-order valence-corrected chi connectivity index (χ4v) is 2.65. The average Bonchev–Trinajstić information content (AvgIpc) is 2.67. The molecule has 0 fully saturated rings. The molecule has 0 saturated heterocycles. The van der Waals surface area contributed by atoms with Crippen molar-refractivity contribution in [1.29, 1.82) is 0 Å². The van der Waals surface area contributed by atoms with Crippen LogP contribution in [0.4, 0.5) is 11.5 Å². The highest BCUT2D eigenvalue weighted by Crippen LogP contribution is 2.21. The van der Waals surface area contributed by atoms with Gasteiger partial charge >= 0.3 is 0 Å². The molecule has 0 radical (unpaired) electrons. The molecule has 26 heavy (non-hydrogen) atoms. The van der Waals surface area contributed by atoms with Crippen molar-refractivity contribution in [3.63, 3.8) is 0 Å². The molecule has 0 aliphatic carbocycles. The minimum absolute atomic E-state index is 0.579. The Morgan fingerprint density at radius 1 is 1.12 bits per heavy atom. The van der Waals surface area contributed by atoms with Gasteiger partial charge in [-0.15, -0.1) is 0 Å². The van der Waals surface area contributed by atoms with E-state index in [9.17, 15) is 0 Å². The Balaban J connectivity index is 1.56. The van der Waals surface area contributed by atoms with Gasteiger partial charge in [-0.3, -0.25) is 0 Å². The molecular formula is C21H26N4O. The molecule has 0 aliphatic heterocycles. The SMILES string of the molecule is CCC(C)COc1ccc(CCNc2ncnc3ccc(N)cc23)cc1. The van der Waals surface area contributed by atoms with E-state index in [2.05, 4.69) is 41.3 Å². The average molecular weight is 350 g/mol. The first-order valence-electron chi connectivity index (χ1n) is 9.11. The van der Waals surface area contributed by atoms with Crippen LogP contribution in [0.2, 0.25) is 0 Å². The van der Waals surface area contributed by atoms with Gasteiger partial charge in [0.05, 0.1) is 12.1 Å². The number of aromatic nitrogens is 2. The van der Waals surface area contributed by atoms with E-state index in [1.54, 1.807) is 6.33 Å². The van der Waals surface area contributed by atoms with E-state index in [-0.39, 0.29) is 0 Å². The summed E-state index contributed by atoms with van der Waals surface area (Å²) in [5.74, 6) is 2.32. The largest absolute Gasteiger partial charge is 0.493 e. The van der Waals surface area contributed by atoms with Gasteiger partial charge in [-0.05, 0) is 48.2 Å². The van der Waals surface area contributed by atoms with Crippen molar-refractivity contribution >= 4 is 22.4 Å². The zero-order chi connectivity index (χ0) is 18.4. The Morgan fingerprint density at radius 2 is 1.92 bits per heavy atom. The molecule has 5 heteroatoms. The number of benzene rings is 2. The lowest BCUT2D eigenvalue weighted by molar-refractivity contribution is 0.256. The molecule has 5 nitrogen and oxygen atoms in total. The maximum atomic E-state index is 5.88. The van der Waals surface area contributed by atoms with Crippen LogP contribution in [0.25, 0.3) is 10.9 Å². The van der Waals surface area contributed by atoms with E-state index in [0.29, 0.717) is 11.6 Å². The predicted molar refractivity (Wildman–Crippen MR) is 108 cm³/mol. The van der Waals surface area contributed by atoms with Gasteiger partial charge in [0.25, 0.3) is 0 Å². The standard InChI is InChI=1S/C21H26N4O/c1-3-15(2)13-26-18-7-4-16(5-8-18)10-11-23-21-19-12-17(22)6-9-20(19)24-14-25-21/h4-9,12,14-15H,3,10-11,13,22H2,1-2H3,(H,23,24,25). The summed E-state index contributed by atoms with van der Waals surface area (Å²) in [7, 11) is 0. The smallest absolute Gasteiger partial charge is 0.137 e. The number of anilines is 2. The first-order valence-corrected chi connectivity index (χ1v) is 9.11. The number of nitrogens with one attached hydrogen (secondary N) is 1. The number of hydrogen-bond acceptors (Lipinski definition) is 5. The lowest BCUT2D eigenvalue weighted by Gasteiger charge is -2.12. The second-order valence-electron chi connectivity index (χ2n) is 6.64. The molecule has 0 bridgehead atoms. The molecule has 0 spiro atoms. The zero-order valence-electron chi connectivity index (χ0n) is 15.4. The zero-order valence-corrected chi connectivity index (χ0v) is 15.4. The molecule has 3 N–H and O–H groups in total. The lowest BCUT2D eigenvalue weighted by Crippen LogP contribution is -2.08. The summed E-state index contributed by atoms with van der Waals surface area (Å²) in [4.78, 5) is 8.62. The molecular weight excluding hydrogens is 324 g/mol. The molecule has 136 valence electrons. The molecule has 1 heterocycles. The van der Waals surface area contributed by atoms with Crippen LogP contribution in [0.1, 0.15) is 25.8 Å². The van der Waals surface area contributed by atoms with Crippen LogP contribution in [0.5, 0.6) is 5.75 Å². The van der Waals surface area contributed by atoms with E-state index in [1.165, 1.54) is 5.56 Å². The Bertz CT molecular complexity index is 848. The van der Waals surface area contributed by atoms with Crippen molar-refractivity contribution in [2.75, 3.05) is 24.2 Å².